The van der Waals surface area contributed by atoms with E-state index in [0.29, 0.717) is 0 Å². The van der Waals surface area contributed by atoms with Crippen molar-refractivity contribution < 1.29 is 14.7 Å². The molecule has 1 aromatic carbocycles. The van der Waals surface area contributed by atoms with Gasteiger partial charge in [-0.05, 0) is 36.8 Å². The van der Waals surface area contributed by atoms with Crippen molar-refractivity contribution in [3.8, 4) is 0 Å². The summed E-state index contributed by atoms with van der Waals surface area (Å²) in [4.78, 5) is 25.0. The van der Waals surface area contributed by atoms with E-state index in [1.54, 1.807) is 11.8 Å². The van der Waals surface area contributed by atoms with E-state index >= 15 is 0 Å². The lowest BCUT2D eigenvalue weighted by molar-refractivity contribution is -0.139. The lowest BCUT2D eigenvalue weighted by Crippen LogP contribution is -2.45. The molecule has 1 unspecified atom stereocenters. The summed E-state index contributed by atoms with van der Waals surface area (Å²) in [5, 5.41) is 15.4. The maximum absolute atomic E-state index is 11.9. The predicted molar refractivity (Wildman–Crippen MR) is 95.8 cm³/mol. The number of hydrogen-bond donors (Lipinski definition) is 3. The van der Waals surface area contributed by atoms with Crippen LogP contribution in [-0.4, -0.2) is 35.8 Å². The fraction of sp³-hybridized carbons (Fsp3) is 0.556. The van der Waals surface area contributed by atoms with Crippen molar-refractivity contribution in [3.63, 3.8) is 0 Å². The third-order valence-corrected chi connectivity index (χ3v) is 5.10. The molecule has 0 bridgehead atoms. The molecule has 3 N–H and O–H groups in total. The predicted octanol–water partition coefficient (Wildman–Crippen LogP) is 2.40. The molecule has 0 saturated heterocycles. The van der Waals surface area contributed by atoms with Crippen LogP contribution >= 0.6 is 11.8 Å². The van der Waals surface area contributed by atoms with Crippen molar-refractivity contribution in [1.82, 2.24) is 10.6 Å². The lowest BCUT2D eigenvalue weighted by Gasteiger charge is -2.17. The molecule has 0 spiro atoms. The molecular weight excluding hydrogens is 324 g/mol. The zero-order valence-corrected chi connectivity index (χ0v) is 14.9. The monoisotopic (exact) mass is 350 g/mol. The molecule has 0 radical (unpaired) electrons. The van der Waals surface area contributed by atoms with E-state index in [4.69, 9.17) is 0 Å². The van der Waals surface area contributed by atoms with E-state index in [-0.39, 0.29) is 12.6 Å². The van der Waals surface area contributed by atoms with E-state index in [1.807, 2.05) is 30.5 Å². The number of carbonyl (C=O) groups excluding carboxylic acids is 2. The van der Waals surface area contributed by atoms with Crippen molar-refractivity contribution in [2.24, 2.45) is 0 Å². The molecule has 24 heavy (non-hydrogen) atoms. The van der Waals surface area contributed by atoms with Crippen LogP contribution in [0, 0.1) is 0 Å². The van der Waals surface area contributed by atoms with Crippen LogP contribution in [0.4, 0.5) is 0 Å². The molecule has 1 aliphatic rings. The van der Waals surface area contributed by atoms with E-state index < -0.39 is 17.9 Å². The highest BCUT2D eigenvalue weighted by atomic mass is 32.2. The smallest absolute Gasteiger partial charge is 0.309 e. The molecule has 0 aliphatic heterocycles. The minimum absolute atomic E-state index is 0.0233. The fourth-order valence-corrected chi connectivity index (χ4v) is 3.30. The summed E-state index contributed by atoms with van der Waals surface area (Å²) in [6.45, 7) is 0.0233. The standard InChI is InChI=1S/C18H26N2O3S/c1-24-15-10-8-13(9-11-15)16(21)12-19-17(22)18(23)20-14-6-4-2-3-5-7-14/h8-11,14,16,21H,2-7,12H2,1H3,(H,19,22)(H,20,23). The van der Waals surface area contributed by atoms with Gasteiger partial charge in [0.2, 0.25) is 0 Å². The van der Waals surface area contributed by atoms with Gasteiger partial charge in [0.15, 0.2) is 0 Å². The Balaban J connectivity index is 1.77. The Morgan fingerprint density at radius 1 is 1.12 bits per heavy atom. The lowest BCUT2D eigenvalue weighted by atomic mass is 10.1. The Labute approximate surface area is 147 Å². The van der Waals surface area contributed by atoms with Crippen LogP contribution in [0.3, 0.4) is 0 Å². The molecule has 1 aliphatic carbocycles. The number of aliphatic hydroxyl groups is 1. The molecule has 1 atom stereocenters. The van der Waals surface area contributed by atoms with Crippen LogP contribution in [0.2, 0.25) is 0 Å². The second kappa shape index (κ2) is 9.69. The number of benzene rings is 1. The topological polar surface area (TPSA) is 78.4 Å². The summed E-state index contributed by atoms with van der Waals surface area (Å²) in [5.74, 6) is -1.29. The number of thioether (sulfide) groups is 1. The maximum atomic E-state index is 11.9. The van der Waals surface area contributed by atoms with E-state index in [1.165, 1.54) is 12.8 Å². The summed E-state index contributed by atoms with van der Waals surface area (Å²) in [5.41, 5.74) is 0.720. The summed E-state index contributed by atoms with van der Waals surface area (Å²) < 4.78 is 0. The van der Waals surface area contributed by atoms with Gasteiger partial charge in [-0.25, -0.2) is 0 Å². The zero-order valence-electron chi connectivity index (χ0n) is 14.1. The third kappa shape index (κ3) is 5.83. The Hall–Kier alpha value is -1.53. The molecule has 1 fully saturated rings. The van der Waals surface area contributed by atoms with Crippen LogP contribution in [0.5, 0.6) is 0 Å². The SMILES string of the molecule is CSc1ccc(C(O)CNC(=O)C(=O)NC2CCCCCC2)cc1. The van der Waals surface area contributed by atoms with Crippen LogP contribution in [0.15, 0.2) is 29.2 Å². The minimum Gasteiger partial charge on any atom is -0.387 e. The third-order valence-electron chi connectivity index (χ3n) is 4.35. The first kappa shape index (κ1) is 18.8. The van der Waals surface area contributed by atoms with Crippen LogP contribution < -0.4 is 10.6 Å². The summed E-state index contributed by atoms with van der Waals surface area (Å²) in [7, 11) is 0. The Morgan fingerprint density at radius 2 is 1.75 bits per heavy atom. The molecule has 132 valence electrons. The van der Waals surface area contributed by atoms with Gasteiger partial charge in [-0.2, -0.15) is 0 Å². The quantitative estimate of drug-likeness (QED) is 0.433. The second-order valence-electron chi connectivity index (χ2n) is 6.16. The highest BCUT2D eigenvalue weighted by molar-refractivity contribution is 7.98. The van der Waals surface area contributed by atoms with Gasteiger partial charge < -0.3 is 15.7 Å². The number of hydrogen-bond acceptors (Lipinski definition) is 4. The maximum Gasteiger partial charge on any atom is 0.309 e. The van der Waals surface area contributed by atoms with Gasteiger partial charge in [-0.3, -0.25) is 9.59 Å². The highest BCUT2D eigenvalue weighted by Crippen LogP contribution is 2.19. The molecule has 0 aromatic heterocycles. The average Bonchev–Trinajstić information content (AvgIpc) is 2.88. The highest BCUT2D eigenvalue weighted by Gasteiger charge is 2.20. The first-order valence-corrected chi connectivity index (χ1v) is 9.73. The molecule has 5 nitrogen and oxygen atoms in total. The first-order valence-electron chi connectivity index (χ1n) is 8.51. The Bertz CT molecular complexity index is 540. The van der Waals surface area contributed by atoms with Gasteiger partial charge >= 0.3 is 11.8 Å². The van der Waals surface area contributed by atoms with Crippen LogP contribution in [0.1, 0.15) is 50.2 Å². The number of rotatable bonds is 5. The van der Waals surface area contributed by atoms with E-state index in [9.17, 15) is 14.7 Å². The summed E-state index contributed by atoms with van der Waals surface area (Å²) in [6, 6.07) is 7.59. The largest absolute Gasteiger partial charge is 0.387 e. The zero-order chi connectivity index (χ0) is 17.4. The molecule has 1 saturated carbocycles. The van der Waals surface area contributed by atoms with E-state index in [0.717, 1.165) is 36.1 Å². The number of nitrogens with one attached hydrogen (secondary N) is 2. The molecule has 6 heteroatoms. The van der Waals surface area contributed by atoms with Crippen LogP contribution in [0.25, 0.3) is 0 Å². The van der Waals surface area contributed by atoms with E-state index in [2.05, 4.69) is 10.6 Å². The molecule has 0 heterocycles. The van der Waals surface area contributed by atoms with Crippen molar-refractivity contribution in [2.45, 2.75) is 55.6 Å². The molecule has 2 rings (SSSR count). The van der Waals surface area contributed by atoms with Crippen molar-refractivity contribution in [2.75, 3.05) is 12.8 Å². The number of amides is 2. The van der Waals surface area contributed by atoms with Crippen molar-refractivity contribution in [1.29, 1.82) is 0 Å². The Kier molecular flexibility index (Phi) is 7.59. The van der Waals surface area contributed by atoms with Gasteiger partial charge in [-0.1, -0.05) is 37.8 Å². The second-order valence-corrected chi connectivity index (χ2v) is 7.04. The summed E-state index contributed by atoms with van der Waals surface area (Å²) in [6.07, 6.45) is 7.61. The first-order chi connectivity index (χ1) is 11.6. The van der Waals surface area contributed by atoms with Crippen LogP contribution in [-0.2, 0) is 9.59 Å². The van der Waals surface area contributed by atoms with Gasteiger partial charge in [0.1, 0.15) is 0 Å². The van der Waals surface area contributed by atoms with Crippen molar-refractivity contribution in [3.05, 3.63) is 29.8 Å². The normalized spacial score (nSPS) is 16.9. The molecule has 1 aromatic rings. The average molecular weight is 350 g/mol. The van der Waals surface area contributed by atoms with Gasteiger partial charge in [0.05, 0.1) is 6.10 Å². The summed E-state index contributed by atoms with van der Waals surface area (Å²) >= 11 is 1.63. The van der Waals surface area contributed by atoms with Crippen molar-refractivity contribution >= 4 is 23.6 Å². The van der Waals surface area contributed by atoms with Gasteiger partial charge in [0.25, 0.3) is 0 Å². The number of carbonyl (C=O) groups is 2. The van der Waals surface area contributed by atoms with Gasteiger partial charge in [-0.15, -0.1) is 11.8 Å². The fourth-order valence-electron chi connectivity index (χ4n) is 2.89. The minimum atomic E-state index is -0.824. The molecule has 2 amide bonds. The molecular formula is C18H26N2O3S. The van der Waals surface area contributed by atoms with Gasteiger partial charge in [0, 0.05) is 17.5 Å². The number of aliphatic hydroxyl groups excluding tert-OH is 1. The Morgan fingerprint density at radius 3 is 2.33 bits per heavy atom.